The van der Waals surface area contributed by atoms with E-state index in [1.807, 2.05) is 29.6 Å². The lowest BCUT2D eigenvalue weighted by atomic mass is 9.92. The van der Waals surface area contributed by atoms with Crippen molar-refractivity contribution in [1.82, 2.24) is 4.90 Å². The Labute approximate surface area is 140 Å². The SMILES string of the molecule is COc1ccccc1C(c1ccsc1)N1CCCCC1C(=O)O. The molecule has 0 aliphatic carbocycles. The predicted molar refractivity (Wildman–Crippen MR) is 91.1 cm³/mol. The first kappa shape index (κ1) is 16.0. The molecule has 2 aromatic rings. The van der Waals surface area contributed by atoms with Crippen LogP contribution in [-0.4, -0.2) is 35.7 Å². The number of nitrogens with zero attached hydrogens (tertiary/aromatic N) is 1. The minimum absolute atomic E-state index is 0.0844. The standard InChI is InChI=1S/C18H21NO3S/c1-22-16-8-3-2-6-14(16)17(13-9-11-23-12-13)19-10-5-4-7-15(19)18(20)21/h2-3,6,8-9,11-12,15,17H,4-5,7,10H2,1H3,(H,20,21). The topological polar surface area (TPSA) is 49.8 Å². The van der Waals surface area contributed by atoms with Gasteiger partial charge in [0.15, 0.2) is 0 Å². The smallest absolute Gasteiger partial charge is 0.320 e. The number of rotatable bonds is 5. The Bertz CT molecular complexity index is 656. The van der Waals surface area contributed by atoms with E-state index in [9.17, 15) is 9.90 Å². The molecule has 23 heavy (non-hydrogen) atoms. The van der Waals surface area contributed by atoms with Crippen molar-refractivity contribution >= 4 is 17.3 Å². The molecule has 3 rings (SSSR count). The average Bonchev–Trinajstić information content (AvgIpc) is 3.10. The van der Waals surface area contributed by atoms with E-state index in [0.717, 1.165) is 36.3 Å². The number of hydrogen-bond acceptors (Lipinski definition) is 4. The van der Waals surface area contributed by atoms with Crippen molar-refractivity contribution in [3.8, 4) is 5.75 Å². The Kier molecular flexibility index (Phi) is 4.98. The lowest BCUT2D eigenvalue weighted by molar-refractivity contribution is -0.145. The van der Waals surface area contributed by atoms with E-state index in [1.54, 1.807) is 18.4 Å². The zero-order valence-corrected chi connectivity index (χ0v) is 14.0. The van der Waals surface area contributed by atoms with E-state index in [-0.39, 0.29) is 6.04 Å². The summed E-state index contributed by atoms with van der Waals surface area (Å²) < 4.78 is 5.54. The van der Waals surface area contributed by atoms with Crippen LogP contribution in [-0.2, 0) is 4.79 Å². The van der Waals surface area contributed by atoms with Crippen LogP contribution in [0.15, 0.2) is 41.1 Å². The van der Waals surface area contributed by atoms with Gasteiger partial charge in [0.05, 0.1) is 13.2 Å². The fourth-order valence-corrected chi connectivity index (χ4v) is 4.08. The monoisotopic (exact) mass is 331 g/mol. The van der Waals surface area contributed by atoms with Gasteiger partial charge in [0.2, 0.25) is 0 Å². The number of carboxylic acid groups (broad SMARTS) is 1. The molecule has 1 fully saturated rings. The molecule has 2 atom stereocenters. The van der Waals surface area contributed by atoms with Gasteiger partial charge < -0.3 is 9.84 Å². The van der Waals surface area contributed by atoms with Crippen molar-refractivity contribution in [2.24, 2.45) is 0 Å². The summed E-state index contributed by atoms with van der Waals surface area (Å²) >= 11 is 1.63. The second-order valence-electron chi connectivity index (χ2n) is 5.79. The maximum absolute atomic E-state index is 11.8. The number of benzene rings is 1. The molecule has 122 valence electrons. The van der Waals surface area contributed by atoms with Gasteiger partial charge in [-0.05, 0) is 47.8 Å². The number of carboxylic acids is 1. The second kappa shape index (κ2) is 7.15. The lowest BCUT2D eigenvalue weighted by Crippen LogP contribution is -2.46. The fourth-order valence-electron chi connectivity index (χ4n) is 3.40. The van der Waals surface area contributed by atoms with E-state index in [1.165, 1.54) is 0 Å². The Balaban J connectivity index is 2.07. The first-order valence-corrected chi connectivity index (χ1v) is 8.80. The van der Waals surface area contributed by atoms with Crippen molar-refractivity contribution in [2.75, 3.05) is 13.7 Å². The molecule has 0 bridgehead atoms. The second-order valence-corrected chi connectivity index (χ2v) is 6.57. The van der Waals surface area contributed by atoms with Gasteiger partial charge in [-0.25, -0.2) is 0 Å². The third-order valence-corrected chi connectivity index (χ3v) is 5.15. The van der Waals surface area contributed by atoms with E-state index < -0.39 is 12.0 Å². The Morgan fingerprint density at radius 1 is 1.35 bits per heavy atom. The number of para-hydroxylation sites is 1. The Hall–Kier alpha value is -1.85. The number of methoxy groups -OCH3 is 1. The number of likely N-dealkylation sites (tertiary alicyclic amines) is 1. The van der Waals surface area contributed by atoms with Gasteiger partial charge in [-0.2, -0.15) is 11.3 Å². The van der Waals surface area contributed by atoms with E-state index in [0.29, 0.717) is 6.42 Å². The summed E-state index contributed by atoms with van der Waals surface area (Å²) in [5, 5.41) is 13.8. The molecular weight excluding hydrogens is 310 g/mol. The fraction of sp³-hybridized carbons (Fsp3) is 0.389. The van der Waals surface area contributed by atoms with Crippen molar-refractivity contribution in [3.05, 3.63) is 52.2 Å². The summed E-state index contributed by atoms with van der Waals surface area (Å²) in [6.45, 7) is 0.787. The molecule has 1 N–H and O–H groups in total. The van der Waals surface area contributed by atoms with Crippen LogP contribution in [0.2, 0.25) is 0 Å². The van der Waals surface area contributed by atoms with Gasteiger partial charge in [0, 0.05) is 5.56 Å². The maximum Gasteiger partial charge on any atom is 0.320 e. The largest absolute Gasteiger partial charge is 0.496 e. The Morgan fingerprint density at radius 2 is 2.17 bits per heavy atom. The summed E-state index contributed by atoms with van der Waals surface area (Å²) in [6, 6.07) is 9.45. The lowest BCUT2D eigenvalue weighted by Gasteiger charge is -2.39. The summed E-state index contributed by atoms with van der Waals surface area (Å²) in [5.74, 6) is 0.0678. The molecule has 0 spiro atoms. The molecule has 4 nitrogen and oxygen atoms in total. The van der Waals surface area contributed by atoms with Crippen LogP contribution >= 0.6 is 11.3 Å². The zero-order chi connectivity index (χ0) is 16.2. The summed E-state index contributed by atoms with van der Waals surface area (Å²) in [4.78, 5) is 13.9. The molecular formula is C18H21NO3S. The molecule has 1 aliphatic rings. The highest BCUT2D eigenvalue weighted by Crippen LogP contribution is 2.38. The third-order valence-electron chi connectivity index (χ3n) is 4.45. The minimum atomic E-state index is -0.736. The van der Waals surface area contributed by atoms with Gasteiger partial charge in [0.1, 0.15) is 11.8 Å². The van der Waals surface area contributed by atoms with Crippen LogP contribution in [0.5, 0.6) is 5.75 Å². The van der Waals surface area contributed by atoms with Gasteiger partial charge >= 0.3 is 5.97 Å². The quantitative estimate of drug-likeness (QED) is 0.906. The highest BCUT2D eigenvalue weighted by Gasteiger charge is 2.36. The van der Waals surface area contributed by atoms with Crippen LogP contribution in [0.4, 0.5) is 0 Å². The molecule has 1 aromatic heterocycles. The van der Waals surface area contributed by atoms with Crippen molar-refractivity contribution in [2.45, 2.75) is 31.3 Å². The third kappa shape index (κ3) is 3.26. The number of piperidine rings is 1. The number of ether oxygens (including phenoxy) is 1. The first-order chi connectivity index (χ1) is 11.2. The molecule has 5 heteroatoms. The first-order valence-electron chi connectivity index (χ1n) is 7.86. The van der Waals surface area contributed by atoms with Gasteiger partial charge in [-0.1, -0.05) is 24.6 Å². The predicted octanol–water partition coefficient (Wildman–Crippen LogP) is 3.79. The molecule has 1 aliphatic heterocycles. The van der Waals surface area contributed by atoms with Crippen molar-refractivity contribution in [1.29, 1.82) is 0 Å². The van der Waals surface area contributed by atoms with Crippen LogP contribution in [0.3, 0.4) is 0 Å². The van der Waals surface area contributed by atoms with Gasteiger partial charge in [-0.15, -0.1) is 0 Å². The highest BCUT2D eigenvalue weighted by molar-refractivity contribution is 7.08. The minimum Gasteiger partial charge on any atom is -0.496 e. The molecule has 1 aromatic carbocycles. The molecule has 1 saturated heterocycles. The van der Waals surface area contributed by atoms with Crippen LogP contribution in [0, 0.1) is 0 Å². The maximum atomic E-state index is 11.8. The van der Waals surface area contributed by atoms with Gasteiger partial charge in [-0.3, -0.25) is 9.69 Å². The van der Waals surface area contributed by atoms with Crippen LogP contribution in [0.1, 0.15) is 36.4 Å². The number of carbonyl (C=O) groups is 1. The van der Waals surface area contributed by atoms with Crippen LogP contribution in [0.25, 0.3) is 0 Å². The van der Waals surface area contributed by atoms with Crippen molar-refractivity contribution < 1.29 is 14.6 Å². The molecule has 0 radical (unpaired) electrons. The molecule has 2 heterocycles. The normalized spacial score (nSPS) is 20.1. The van der Waals surface area contributed by atoms with E-state index in [4.69, 9.17) is 4.74 Å². The van der Waals surface area contributed by atoms with Crippen molar-refractivity contribution in [3.63, 3.8) is 0 Å². The van der Waals surface area contributed by atoms with E-state index in [2.05, 4.69) is 16.3 Å². The van der Waals surface area contributed by atoms with E-state index >= 15 is 0 Å². The summed E-state index contributed by atoms with van der Waals surface area (Å²) in [5.41, 5.74) is 2.16. The number of aliphatic carboxylic acids is 1. The number of hydrogen-bond donors (Lipinski definition) is 1. The number of thiophene rings is 1. The molecule has 0 amide bonds. The average molecular weight is 331 g/mol. The highest BCUT2D eigenvalue weighted by atomic mass is 32.1. The summed E-state index contributed by atoms with van der Waals surface area (Å²) in [7, 11) is 1.66. The zero-order valence-electron chi connectivity index (χ0n) is 13.1. The summed E-state index contributed by atoms with van der Waals surface area (Å²) in [6.07, 6.45) is 2.69. The Morgan fingerprint density at radius 3 is 2.87 bits per heavy atom. The molecule has 2 unspecified atom stereocenters. The molecule has 0 saturated carbocycles. The van der Waals surface area contributed by atoms with Crippen LogP contribution < -0.4 is 4.74 Å². The van der Waals surface area contributed by atoms with Gasteiger partial charge in [0.25, 0.3) is 0 Å².